The number of hydrogen-bond acceptors (Lipinski definition) is 2. The molecule has 0 atom stereocenters. The van der Waals surface area contributed by atoms with Crippen molar-refractivity contribution in [3.63, 3.8) is 0 Å². The van der Waals surface area contributed by atoms with Crippen molar-refractivity contribution in [1.82, 2.24) is 0 Å². The van der Waals surface area contributed by atoms with Crippen LogP contribution in [0.3, 0.4) is 0 Å². The summed E-state index contributed by atoms with van der Waals surface area (Å²) < 4.78 is 6.42. The average molecular weight is 688 g/mol. The Bertz CT molecular complexity index is 3230. The SMILES string of the molecule is c1ccc(-c2cccc(N(c3cccc(-c4cc5ccc6ccc7ccccc7c6c5c5ccccc45)c3)c3ccc4c(c3)oc3ccccc34)c2)cc1. The molecule has 0 unspecified atom stereocenters. The Morgan fingerprint density at radius 2 is 0.870 bits per heavy atom. The molecule has 10 aromatic carbocycles. The fourth-order valence-corrected chi connectivity index (χ4v) is 8.50. The fraction of sp³-hybridized carbons (Fsp3) is 0. The Morgan fingerprint density at radius 3 is 1.70 bits per heavy atom. The number of benzene rings is 10. The minimum Gasteiger partial charge on any atom is -0.456 e. The summed E-state index contributed by atoms with van der Waals surface area (Å²) in [6.07, 6.45) is 0. The van der Waals surface area contributed by atoms with Gasteiger partial charge in [-0.15, -0.1) is 0 Å². The minimum absolute atomic E-state index is 0.870. The number of hydrogen-bond donors (Lipinski definition) is 0. The van der Waals surface area contributed by atoms with Gasteiger partial charge in [-0.1, -0.05) is 146 Å². The van der Waals surface area contributed by atoms with Crippen molar-refractivity contribution in [2.75, 3.05) is 4.90 Å². The summed E-state index contributed by atoms with van der Waals surface area (Å²) in [7, 11) is 0. The van der Waals surface area contributed by atoms with E-state index in [-0.39, 0.29) is 0 Å². The van der Waals surface area contributed by atoms with Crippen molar-refractivity contribution in [1.29, 1.82) is 0 Å². The Hall–Kier alpha value is -7.16. The highest BCUT2D eigenvalue weighted by Crippen LogP contribution is 2.44. The molecular weight excluding hydrogens is 655 g/mol. The van der Waals surface area contributed by atoms with Gasteiger partial charge < -0.3 is 9.32 Å². The van der Waals surface area contributed by atoms with E-state index in [2.05, 4.69) is 193 Å². The van der Waals surface area contributed by atoms with Crippen LogP contribution in [-0.4, -0.2) is 0 Å². The molecule has 1 heterocycles. The van der Waals surface area contributed by atoms with Crippen molar-refractivity contribution in [3.8, 4) is 22.3 Å². The molecule has 0 radical (unpaired) electrons. The van der Waals surface area contributed by atoms with Crippen LogP contribution < -0.4 is 4.90 Å². The standard InChI is InChI=1S/C52H33NO/c1-2-12-34(13-3-1)37-15-10-17-40(30-37)53(42-28-29-46-45-21-8-9-23-49(45)54-50(46)33-42)41-18-11-16-38(31-41)48-32-39-27-26-36-25-24-35-14-4-5-19-43(35)51(36)52(39)47-22-7-6-20-44(47)48/h1-33H. The van der Waals surface area contributed by atoms with Gasteiger partial charge in [0.2, 0.25) is 0 Å². The third kappa shape index (κ3) is 4.88. The van der Waals surface area contributed by atoms with E-state index in [1.807, 2.05) is 12.1 Å². The van der Waals surface area contributed by atoms with Crippen molar-refractivity contribution in [2.45, 2.75) is 0 Å². The fourth-order valence-electron chi connectivity index (χ4n) is 8.50. The summed E-state index contributed by atoms with van der Waals surface area (Å²) in [4.78, 5) is 2.35. The van der Waals surface area contributed by atoms with Crippen LogP contribution in [0.1, 0.15) is 0 Å². The zero-order chi connectivity index (χ0) is 35.6. The van der Waals surface area contributed by atoms with Gasteiger partial charge in [-0.3, -0.25) is 0 Å². The molecule has 0 spiro atoms. The van der Waals surface area contributed by atoms with Gasteiger partial charge in [0, 0.05) is 33.9 Å². The van der Waals surface area contributed by atoms with E-state index in [1.165, 1.54) is 59.8 Å². The summed E-state index contributed by atoms with van der Waals surface area (Å²) in [5.41, 5.74) is 9.67. The van der Waals surface area contributed by atoms with E-state index in [9.17, 15) is 0 Å². The molecule has 0 amide bonds. The molecule has 11 rings (SSSR count). The lowest BCUT2D eigenvalue weighted by Crippen LogP contribution is -2.10. The number of para-hydroxylation sites is 1. The summed E-state index contributed by atoms with van der Waals surface area (Å²) >= 11 is 0. The molecule has 0 N–H and O–H groups in total. The largest absolute Gasteiger partial charge is 0.456 e. The van der Waals surface area contributed by atoms with Gasteiger partial charge in [0.05, 0.1) is 0 Å². The molecule has 2 nitrogen and oxygen atoms in total. The maximum atomic E-state index is 6.42. The molecule has 0 fully saturated rings. The maximum absolute atomic E-state index is 6.42. The predicted octanol–water partition coefficient (Wildman–Crippen LogP) is 15.0. The van der Waals surface area contributed by atoms with Gasteiger partial charge in [-0.2, -0.15) is 0 Å². The lowest BCUT2D eigenvalue weighted by Gasteiger charge is -2.26. The molecule has 54 heavy (non-hydrogen) atoms. The van der Waals surface area contributed by atoms with E-state index in [0.29, 0.717) is 0 Å². The van der Waals surface area contributed by atoms with Gasteiger partial charge in [-0.25, -0.2) is 0 Å². The van der Waals surface area contributed by atoms with E-state index < -0.39 is 0 Å². The molecule has 11 aromatic rings. The maximum Gasteiger partial charge on any atom is 0.137 e. The number of fused-ring (bicyclic) bond motifs is 10. The van der Waals surface area contributed by atoms with Crippen LogP contribution in [0.25, 0.3) is 87.3 Å². The second-order valence-corrected chi connectivity index (χ2v) is 14.1. The van der Waals surface area contributed by atoms with E-state index in [4.69, 9.17) is 4.42 Å². The number of nitrogens with zero attached hydrogens (tertiary/aromatic N) is 1. The topological polar surface area (TPSA) is 16.4 Å². The predicted molar refractivity (Wildman–Crippen MR) is 229 cm³/mol. The van der Waals surface area contributed by atoms with Crippen molar-refractivity contribution in [3.05, 3.63) is 200 Å². The van der Waals surface area contributed by atoms with Gasteiger partial charge in [-0.05, 0) is 114 Å². The second-order valence-electron chi connectivity index (χ2n) is 14.1. The first kappa shape index (κ1) is 30.5. The van der Waals surface area contributed by atoms with Gasteiger partial charge in [0.1, 0.15) is 11.2 Å². The molecule has 1 aromatic heterocycles. The van der Waals surface area contributed by atoms with Crippen LogP contribution in [0.4, 0.5) is 17.1 Å². The van der Waals surface area contributed by atoms with E-state index in [0.717, 1.165) is 44.6 Å². The van der Waals surface area contributed by atoms with Crippen molar-refractivity contribution < 1.29 is 4.42 Å². The monoisotopic (exact) mass is 687 g/mol. The Balaban J connectivity index is 1.13. The number of anilines is 3. The highest BCUT2D eigenvalue weighted by atomic mass is 16.3. The molecule has 0 saturated heterocycles. The first-order valence-corrected chi connectivity index (χ1v) is 18.5. The van der Waals surface area contributed by atoms with Crippen LogP contribution in [0.15, 0.2) is 205 Å². The molecule has 0 aliphatic rings. The minimum atomic E-state index is 0.870. The average Bonchev–Trinajstić information content (AvgIpc) is 3.62. The molecule has 252 valence electrons. The summed E-state index contributed by atoms with van der Waals surface area (Å²) in [6.45, 7) is 0. The van der Waals surface area contributed by atoms with Crippen LogP contribution >= 0.6 is 0 Å². The van der Waals surface area contributed by atoms with Crippen LogP contribution in [-0.2, 0) is 0 Å². The van der Waals surface area contributed by atoms with E-state index >= 15 is 0 Å². The third-order valence-corrected chi connectivity index (χ3v) is 11.0. The van der Waals surface area contributed by atoms with Crippen LogP contribution in [0, 0.1) is 0 Å². The number of furan rings is 1. The van der Waals surface area contributed by atoms with Gasteiger partial charge >= 0.3 is 0 Å². The van der Waals surface area contributed by atoms with E-state index in [1.54, 1.807) is 0 Å². The normalized spacial score (nSPS) is 11.7. The summed E-state index contributed by atoms with van der Waals surface area (Å²) in [5, 5.41) is 12.4. The quantitative estimate of drug-likeness (QED) is 0.168. The zero-order valence-corrected chi connectivity index (χ0v) is 29.4. The van der Waals surface area contributed by atoms with Gasteiger partial charge in [0.15, 0.2) is 0 Å². The number of rotatable bonds is 5. The Labute approximate surface area is 312 Å². The molecule has 0 saturated carbocycles. The lowest BCUT2D eigenvalue weighted by molar-refractivity contribution is 0.669. The first-order valence-electron chi connectivity index (χ1n) is 18.5. The Kier molecular flexibility index (Phi) is 6.90. The first-order chi connectivity index (χ1) is 26.8. The smallest absolute Gasteiger partial charge is 0.137 e. The summed E-state index contributed by atoms with van der Waals surface area (Å²) in [6, 6.07) is 72.3. The van der Waals surface area contributed by atoms with Crippen LogP contribution in [0.2, 0.25) is 0 Å². The zero-order valence-electron chi connectivity index (χ0n) is 29.4. The van der Waals surface area contributed by atoms with Crippen molar-refractivity contribution in [2.24, 2.45) is 0 Å². The van der Waals surface area contributed by atoms with Crippen molar-refractivity contribution >= 4 is 82.1 Å². The third-order valence-electron chi connectivity index (χ3n) is 11.0. The molecule has 2 heteroatoms. The molecule has 0 aliphatic carbocycles. The molecular formula is C52H33NO. The summed E-state index contributed by atoms with van der Waals surface area (Å²) in [5.74, 6) is 0. The molecule has 0 aliphatic heterocycles. The highest BCUT2D eigenvalue weighted by molar-refractivity contribution is 6.29. The second kappa shape index (κ2) is 12.2. The highest BCUT2D eigenvalue weighted by Gasteiger charge is 2.19. The Morgan fingerprint density at radius 1 is 0.296 bits per heavy atom. The van der Waals surface area contributed by atoms with Gasteiger partial charge in [0.25, 0.3) is 0 Å². The molecule has 0 bridgehead atoms. The van der Waals surface area contributed by atoms with Crippen LogP contribution in [0.5, 0.6) is 0 Å². The lowest BCUT2D eigenvalue weighted by atomic mass is 9.89.